The monoisotopic (exact) mass is 295 g/mol. The van der Waals surface area contributed by atoms with Gasteiger partial charge in [-0.3, -0.25) is 0 Å². The third-order valence-electron chi connectivity index (χ3n) is 3.11. The van der Waals surface area contributed by atoms with Gasteiger partial charge in [0.25, 0.3) is 0 Å². The molecule has 0 radical (unpaired) electrons. The Bertz CT molecular complexity index is 651. The normalized spacial score (nSPS) is 11.5. The van der Waals surface area contributed by atoms with Crippen molar-refractivity contribution in [2.75, 3.05) is 11.9 Å². The van der Waals surface area contributed by atoms with E-state index in [1.165, 1.54) is 6.07 Å². The van der Waals surface area contributed by atoms with Crippen molar-refractivity contribution in [3.63, 3.8) is 0 Å². The van der Waals surface area contributed by atoms with Crippen LogP contribution < -0.4 is 5.32 Å². The number of nitrogens with zero attached hydrogens (tertiary/aromatic N) is 2. The highest BCUT2D eigenvalue weighted by Gasteiger charge is 2.30. The molecule has 2 rings (SSSR count). The van der Waals surface area contributed by atoms with Gasteiger partial charge in [-0.05, 0) is 32.9 Å². The van der Waals surface area contributed by atoms with Gasteiger partial charge in [0, 0.05) is 12.1 Å². The zero-order chi connectivity index (χ0) is 15.6. The topological polar surface area (TPSA) is 37.8 Å². The molecule has 112 valence electrons. The lowest BCUT2D eigenvalue weighted by Crippen LogP contribution is -2.08. The zero-order valence-electron chi connectivity index (χ0n) is 12.0. The first-order valence-electron chi connectivity index (χ1n) is 6.59. The standard InChI is InChI=1S/C15H16F3N3/c1-4-19-14-13(20-9(2)10(3)21-14)11-6-5-7-12(8-11)15(16,17)18/h5-8H,4H2,1-3H3,(H,19,21). The lowest BCUT2D eigenvalue weighted by atomic mass is 10.1. The van der Waals surface area contributed by atoms with Gasteiger partial charge < -0.3 is 5.32 Å². The fourth-order valence-electron chi connectivity index (χ4n) is 1.94. The summed E-state index contributed by atoms with van der Waals surface area (Å²) in [5.41, 5.74) is 1.59. The Hall–Kier alpha value is -2.11. The summed E-state index contributed by atoms with van der Waals surface area (Å²) in [4.78, 5) is 8.77. The second-order valence-corrected chi connectivity index (χ2v) is 4.70. The Kier molecular flexibility index (Phi) is 4.16. The fourth-order valence-corrected chi connectivity index (χ4v) is 1.94. The predicted octanol–water partition coefficient (Wildman–Crippen LogP) is 4.21. The van der Waals surface area contributed by atoms with E-state index in [9.17, 15) is 13.2 Å². The predicted molar refractivity (Wildman–Crippen MR) is 76.1 cm³/mol. The minimum Gasteiger partial charge on any atom is -0.369 e. The summed E-state index contributed by atoms with van der Waals surface area (Å²) in [6, 6.07) is 5.13. The zero-order valence-corrected chi connectivity index (χ0v) is 12.0. The maximum atomic E-state index is 12.8. The molecule has 0 saturated carbocycles. The summed E-state index contributed by atoms with van der Waals surface area (Å²) >= 11 is 0. The second-order valence-electron chi connectivity index (χ2n) is 4.70. The molecule has 3 nitrogen and oxygen atoms in total. The van der Waals surface area contributed by atoms with E-state index in [1.54, 1.807) is 13.0 Å². The van der Waals surface area contributed by atoms with Crippen molar-refractivity contribution >= 4 is 5.82 Å². The number of nitrogens with one attached hydrogen (secondary N) is 1. The molecule has 21 heavy (non-hydrogen) atoms. The lowest BCUT2D eigenvalue weighted by Gasteiger charge is -2.13. The molecule has 0 aliphatic heterocycles. The Labute approximate surface area is 121 Å². The SMILES string of the molecule is CCNc1nc(C)c(C)nc1-c1cccc(C(F)(F)F)c1. The molecular weight excluding hydrogens is 279 g/mol. The van der Waals surface area contributed by atoms with E-state index >= 15 is 0 Å². The number of benzene rings is 1. The number of hydrogen-bond acceptors (Lipinski definition) is 3. The Morgan fingerprint density at radius 1 is 1.10 bits per heavy atom. The first-order chi connectivity index (χ1) is 9.82. The Morgan fingerprint density at radius 3 is 2.38 bits per heavy atom. The van der Waals surface area contributed by atoms with Gasteiger partial charge >= 0.3 is 6.18 Å². The summed E-state index contributed by atoms with van der Waals surface area (Å²) in [5, 5.41) is 3.05. The summed E-state index contributed by atoms with van der Waals surface area (Å²) < 4.78 is 38.5. The van der Waals surface area contributed by atoms with E-state index in [0.717, 1.165) is 17.8 Å². The third kappa shape index (κ3) is 3.32. The van der Waals surface area contributed by atoms with Crippen LogP contribution in [0.1, 0.15) is 23.9 Å². The second kappa shape index (κ2) is 5.71. The molecular formula is C15H16F3N3. The van der Waals surface area contributed by atoms with Crippen LogP contribution in [0.25, 0.3) is 11.3 Å². The van der Waals surface area contributed by atoms with Gasteiger partial charge in [0.15, 0.2) is 5.82 Å². The highest BCUT2D eigenvalue weighted by Crippen LogP contribution is 2.33. The minimum absolute atomic E-state index is 0.399. The van der Waals surface area contributed by atoms with Crippen molar-refractivity contribution in [2.24, 2.45) is 0 Å². The molecule has 0 atom stereocenters. The van der Waals surface area contributed by atoms with E-state index in [0.29, 0.717) is 29.3 Å². The number of aryl methyl sites for hydroxylation is 2. The van der Waals surface area contributed by atoms with Crippen molar-refractivity contribution in [1.82, 2.24) is 9.97 Å². The number of hydrogen-bond donors (Lipinski definition) is 1. The number of aromatic nitrogens is 2. The molecule has 1 heterocycles. The summed E-state index contributed by atoms with van der Waals surface area (Å²) in [7, 11) is 0. The summed E-state index contributed by atoms with van der Waals surface area (Å²) in [6.45, 7) is 6.12. The van der Waals surface area contributed by atoms with E-state index in [2.05, 4.69) is 15.3 Å². The molecule has 0 aliphatic carbocycles. The molecule has 1 aromatic carbocycles. The van der Waals surface area contributed by atoms with Gasteiger partial charge in [-0.25, -0.2) is 9.97 Å². The van der Waals surface area contributed by atoms with Crippen LogP contribution in [-0.4, -0.2) is 16.5 Å². The fraction of sp³-hybridized carbons (Fsp3) is 0.333. The third-order valence-corrected chi connectivity index (χ3v) is 3.11. The van der Waals surface area contributed by atoms with E-state index < -0.39 is 11.7 Å². The minimum atomic E-state index is -4.37. The average molecular weight is 295 g/mol. The molecule has 1 aromatic heterocycles. The van der Waals surface area contributed by atoms with Crippen molar-refractivity contribution in [2.45, 2.75) is 26.9 Å². The summed E-state index contributed by atoms with van der Waals surface area (Å²) in [5.74, 6) is 0.500. The van der Waals surface area contributed by atoms with E-state index in [4.69, 9.17) is 0 Å². The van der Waals surface area contributed by atoms with Crippen LogP contribution in [0, 0.1) is 13.8 Å². The Balaban J connectivity index is 2.58. The highest BCUT2D eigenvalue weighted by atomic mass is 19.4. The average Bonchev–Trinajstić information content (AvgIpc) is 2.42. The van der Waals surface area contributed by atoms with Crippen LogP contribution in [0.5, 0.6) is 0 Å². The molecule has 0 bridgehead atoms. The lowest BCUT2D eigenvalue weighted by molar-refractivity contribution is -0.137. The van der Waals surface area contributed by atoms with Crippen molar-refractivity contribution in [3.8, 4) is 11.3 Å². The van der Waals surface area contributed by atoms with Gasteiger partial charge in [0.2, 0.25) is 0 Å². The smallest absolute Gasteiger partial charge is 0.369 e. The van der Waals surface area contributed by atoms with Crippen LogP contribution in [0.15, 0.2) is 24.3 Å². The van der Waals surface area contributed by atoms with Gasteiger partial charge in [-0.15, -0.1) is 0 Å². The van der Waals surface area contributed by atoms with Gasteiger partial charge in [-0.1, -0.05) is 12.1 Å². The molecule has 0 spiro atoms. The van der Waals surface area contributed by atoms with Crippen LogP contribution >= 0.6 is 0 Å². The van der Waals surface area contributed by atoms with Crippen LogP contribution in [0.3, 0.4) is 0 Å². The van der Waals surface area contributed by atoms with Crippen molar-refractivity contribution < 1.29 is 13.2 Å². The number of halogens is 3. The maximum absolute atomic E-state index is 12.8. The molecule has 6 heteroatoms. The van der Waals surface area contributed by atoms with Gasteiger partial charge in [0.1, 0.15) is 5.69 Å². The van der Waals surface area contributed by atoms with Crippen LogP contribution in [0.2, 0.25) is 0 Å². The molecule has 0 unspecified atom stereocenters. The molecule has 0 aliphatic rings. The first-order valence-corrected chi connectivity index (χ1v) is 6.59. The molecule has 1 N–H and O–H groups in total. The summed E-state index contributed by atoms with van der Waals surface area (Å²) in [6.07, 6.45) is -4.37. The molecule has 0 amide bonds. The van der Waals surface area contributed by atoms with Gasteiger partial charge in [-0.2, -0.15) is 13.2 Å². The molecule has 0 fully saturated rings. The number of rotatable bonds is 3. The molecule has 0 saturated heterocycles. The maximum Gasteiger partial charge on any atom is 0.416 e. The van der Waals surface area contributed by atoms with Crippen molar-refractivity contribution in [3.05, 3.63) is 41.2 Å². The molecule has 2 aromatic rings. The Morgan fingerprint density at radius 2 is 1.76 bits per heavy atom. The van der Waals surface area contributed by atoms with E-state index in [-0.39, 0.29) is 0 Å². The van der Waals surface area contributed by atoms with Crippen molar-refractivity contribution in [1.29, 1.82) is 0 Å². The first kappa shape index (κ1) is 15.3. The van der Waals surface area contributed by atoms with Gasteiger partial charge in [0.05, 0.1) is 17.0 Å². The number of alkyl halides is 3. The number of anilines is 1. The van der Waals surface area contributed by atoms with Crippen LogP contribution in [0.4, 0.5) is 19.0 Å². The quantitative estimate of drug-likeness (QED) is 0.921. The highest BCUT2D eigenvalue weighted by molar-refractivity contribution is 5.72. The van der Waals surface area contributed by atoms with E-state index in [1.807, 2.05) is 13.8 Å². The van der Waals surface area contributed by atoms with Crippen LogP contribution in [-0.2, 0) is 6.18 Å². The largest absolute Gasteiger partial charge is 0.416 e.